The molecule has 1 rings (SSSR count). The van der Waals surface area contributed by atoms with Crippen LogP contribution in [0.25, 0.3) is 0 Å². The summed E-state index contributed by atoms with van der Waals surface area (Å²) >= 11 is 1.22. The molecule has 6 nitrogen and oxygen atoms in total. The predicted molar refractivity (Wildman–Crippen MR) is 83.4 cm³/mol. The van der Waals surface area contributed by atoms with Gasteiger partial charge in [-0.25, -0.2) is 14.8 Å². The van der Waals surface area contributed by atoms with Crippen LogP contribution in [0.5, 0.6) is 0 Å². The molecular weight excluding hydrogens is 288 g/mol. The number of nitrogens with one attached hydrogen (secondary N) is 2. The second-order valence-corrected chi connectivity index (χ2v) is 5.86. The van der Waals surface area contributed by atoms with Crippen molar-refractivity contribution in [2.24, 2.45) is 0 Å². The lowest BCUT2D eigenvalue weighted by molar-refractivity contribution is -0.117. The van der Waals surface area contributed by atoms with Crippen LogP contribution in [-0.2, 0) is 4.79 Å². The molecule has 1 atom stereocenters. The van der Waals surface area contributed by atoms with Crippen LogP contribution in [-0.4, -0.2) is 33.7 Å². The predicted octanol–water partition coefficient (Wildman–Crippen LogP) is 2.12. The first-order valence-corrected chi connectivity index (χ1v) is 7.87. The van der Waals surface area contributed by atoms with Gasteiger partial charge in [0.25, 0.3) is 0 Å². The van der Waals surface area contributed by atoms with Crippen LogP contribution in [0, 0.1) is 20.8 Å². The summed E-state index contributed by atoms with van der Waals surface area (Å²) in [5.74, 6) is -0.254. The van der Waals surface area contributed by atoms with Crippen molar-refractivity contribution in [1.82, 2.24) is 20.6 Å². The Morgan fingerprint density at radius 3 is 2.29 bits per heavy atom. The summed E-state index contributed by atoms with van der Waals surface area (Å²) in [4.78, 5) is 31.8. The normalized spacial score (nSPS) is 11.9. The Morgan fingerprint density at radius 1 is 1.19 bits per heavy atom. The summed E-state index contributed by atoms with van der Waals surface area (Å²) in [6, 6.07) is -0.427. The molecular formula is C14H22N4O2S. The molecule has 116 valence electrons. The van der Waals surface area contributed by atoms with Gasteiger partial charge in [-0.3, -0.25) is 10.1 Å². The minimum absolute atomic E-state index is 0.0381. The zero-order valence-corrected chi connectivity index (χ0v) is 13.9. The van der Waals surface area contributed by atoms with Crippen LogP contribution >= 0.6 is 11.8 Å². The Kier molecular flexibility index (Phi) is 6.61. The van der Waals surface area contributed by atoms with Gasteiger partial charge in [0.15, 0.2) is 5.16 Å². The lowest BCUT2D eigenvalue weighted by Crippen LogP contribution is -2.43. The van der Waals surface area contributed by atoms with Crippen LogP contribution in [0.4, 0.5) is 4.79 Å². The van der Waals surface area contributed by atoms with Crippen molar-refractivity contribution in [2.75, 3.05) is 5.75 Å². The van der Waals surface area contributed by atoms with Crippen LogP contribution in [0.3, 0.4) is 0 Å². The lowest BCUT2D eigenvalue weighted by atomic mass is 10.2. The van der Waals surface area contributed by atoms with Crippen molar-refractivity contribution in [3.8, 4) is 0 Å². The first-order valence-electron chi connectivity index (χ1n) is 6.88. The summed E-state index contributed by atoms with van der Waals surface area (Å²) in [6.45, 7) is 9.62. The van der Waals surface area contributed by atoms with Gasteiger partial charge in [0.05, 0.1) is 5.75 Å². The van der Waals surface area contributed by atoms with Gasteiger partial charge >= 0.3 is 6.03 Å². The molecule has 1 aromatic rings. The smallest absolute Gasteiger partial charge is 0.321 e. The molecule has 1 heterocycles. The van der Waals surface area contributed by atoms with Crippen LogP contribution < -0.4 is 10.6 Å². The molecule has 0 aliphatic carbocycles. The molecule has 3 amide bonds. The van der Waals surface area contributed by atoms with E-state index in [1.165, 1.54) is 11.8 Å². The number of nitrogens with zero attached hydrogens (tertiary/aromatic N) is 2. The van der Waals surface area contributed by atoms with Crippen molar-refractivity contribution in [3.05, 3.63) is 17.0 Å². The van der Waals surface area contributed by atoms with Crippen LogP contribution in [0.2, 0.25) is 0 Å². The Bertz CT molecular complexity index is 511. The van der Waals surface area contributed by atoms with Gasteiger partial charge in [-0.2, -0.15) is 0 Å². The second-order valence-electron chi connectivity index (χ2n) is 4.92. The number of urea groups is 1. The van der Waals surface area contributed by atoms with Gasteiger partial charge in [0.1, 0.15) is 0 Å². The molecule has 0 spiro atoms. The fourth-order valence-corrected chi connectivity index (χ4v) is 2.20. The lowest BCUT2D eigenvalue weighted by Gasteiger charge is -2.11. The van der Waals surface area contributed by atoms with Gasteiger partial charge < -0.3 is 5.32 Å². The van der Waals surface area contributed by atoms with E-state index in [0.717, 1.165) is 23.4 Å². The van der Waals surface area contributed by atoms with E-state index in [-0.39, 0.29) is 17.7 Å². The van der Waals surface area contributed by atoms with Gasteiger partial charge in [-0.05, 0) is 39.7 Å². The van der Waals surface area contributed by atoms with Crippen molar-refractivity contribution in [2.45, 2.75) is 52.2 Å². The highest BCUT2D eigenvalue weighted by atomic mass is 32.2. The van der Waals surface area contributed by atoms with E-state index in [2.05, 4.69) is 20.6 Å². The fourth-order valence-electron chi connectivity index (χ4n) is 1.46. The van der Waals surface area contributed by atoms with Crippen molar-refractivity contribution < 1.29 is 9.59 Å². The molecule has 0 aromatic carbocycles. The first kappa shape index (κ1) is 17.4. The number of aryl methyl sites for hydroxylation is 2. The van der Waals surface area contributed by atoms with Gasteiger partial charge in [-0.1, -0.05) is 18.7 Å². The monoisotopic (exact) mass is 310 g/mol. The van der Waals surface area contributed by atoms with Crippen molar-refractivity contribution in [1.29, 1.82) is 0 Å². The van der Waals surface area contributed by atoms with Crippen LogP contribution in [0.1, 0.15) is 37.2 Å². The molecule has 1 aromatic heterocycles. The first-order chi connectivity index (χ1) is 9.83. The van der Waals surface area contributed by atoms with Gasteiger partial charge in [-0.15, -0.1) is 0 Å². The van der Waals surface area contributed by atoms with Crippen LogP contribution in [0.15, 0.2) is 5.16 Å². The molecule has 0 saturated heterocycles. The molecule has 0 fully saturated rings. The summed E-state index contributed by atoms with van der Waals surface area (Å²) in [6.07, 6.45) is 0.812. The average molecular weight is 310 g/mol. The highest BCUT2D eigenvalue weighted by Gasteiger charge is 2.12. The zero-order valence-electron chi connectivity index (χ0n) is 13.1. The third kappa shape index (κ3) is 5.71. The third-order valence-electron chi connectivity index (χ3n) is 3.19. The highest BCUT2D eigenvalue weighted by molar-refractivity contribution is 7.99. The Morgan fingerprint density at radius 2 is 1.76 bits per heavy atom. The minimum atomic E-state index is -0.466. The highest BCUT2D eigenvalue weighted by Crippen LogP contribution is 2.16. The molecule has 0 unspecified atom stereocenters. The number of rotatable bonds is 5. The topological polar surface area (TPSA) is 84.0 Å². The Hall–Kier alpha value is -1.63. The molecule has 21 heavy (non-hydrogen) atoms. The van der Waals surface area contributed by atoms with E-state index in [1.807, 2.05) is 34.6 Å². The maximum absolute atomic E-state index is 11.7. The zero-order chi connectivity index (χ0) is 16.0. The summed E-state index contributed by atoms with van der Waals surface area (Å²) < 4.78 is 0. The molecule has 7 heteroatoms. The average Bonchev–Trinajstić information content (AvgIpc) is 2.41. The number of hydrogen-bond acceptors (Lipinski definition) is 5. The summed E-state index contributed by atoms with van der Waals surface area (Å²) in [5, 5.41) is 5.51. The number of aromatic nitrogens is 2. The quantitative estimate of drug-likeness (QED) is 0.643. The number of carbonyl (C=O) groups excluding carboxylic acids is 2. The minimum Gasteiger partial charge on any atom is -0.335 e. The molecule has 0 bridgehead atoms. The number of amides is 3. The third-order valence-corrected chi connectivity index (χ3v) is 4.03. The number of carbonyl (C=O) groups is 2. The molecule has 0 radical (unpaired) electrons. The number of imide groups is 1. The van der Waals surface area contributed by atoms with Gasteiger partial charge in [0.2, 0.25) is 5.91 Å². The van der Waals surface area contributed by atoms with E-state index in [0.29, 0.717) is 5.16 Å². The number of thioether (sulfide) groups is 1. The van der Waals surface area contributed by atoms with E-state index in [1.54, 1.807) is 0 Å². The maximum Gasteiger partial charge on any atom is 0.321 e. The standard InChI is InChI=1S/C14H22N4O2S/c1-6-8(2)15-13(20)18-12(19)7-21-14-16-10(4)9(3)11(5)17-14/h8H,6-7H2,1-5H3,(H2,15,18,19,20)/t8-/m0/s1. The fraction of sp³-hybridized carbons (Fsp3) is 0.571. The van der Waals surface area contributed by atoms with Crippen molar-refractivity contribution in [3.63, 3.8) is 0 Å². The molecule has 0 aliphatic rings. The Labute approximate surface area is 129 Å². The van der Waals surface area contributed by atoms with E-state index < -0.39 is 6.03 Å². The van der Waals surface area contributed by atoms with E-state index >= 15 is 0 Å². The van der Waals surface area contributed by atoms with Crippen molar-refractivity contribution >= 4 is 23.7 Å². The largest absolute Gasteiger partial charge is 0.335 e. The molecule has 2 N–H and O–H groups in total. The summed E-state index contributed by atoms with van der Waals surface area (Å²) in [7, 11) is 0. The van der Waals surface area contributed by atoms with E-state index in [4.69, 9.17) is 0 Å². The SMILES string of the molecule is CC[C@H](C)NC(=O)NC(=O)CSc1nc(C)c(C)c(C)n1. The number of hydrogen-bond donors (Lipinski definition) is 2. The van der Waals surface area contributed by atoms with E-state index in [9.17, 15) is 9.59 Å². The molecule has 0 saturated carbocycles. The summed E-state index contributed by atoms with van der Waals surface area (Å²) in [5.41, 5.74) is 2.86. The Balaban J connectivity index is 2.48. The second kappa shape index (κ2) is 7.97. The maximum atomic E-state index is 11.7. The van der Waals surface area contributed by atoms with Gasteiger partial charge in [0, 0.05) is 17.4 Å². The molecule has 0 aliphatic heterocycles.